The van der Waals surface area contributed by atoms with Crippen molar-refractivity contribution in [3.63, 3.8) is 0 Å². The number of anilines is 2. The molecule has 0 heterocycles. The summed E-state index contributed by atoms with van der Waals surface area (Å²) in [5.74, 6) is 0.237. The number of hydrogen-bond donors (Lipinski definition) is 2. The number of benzene rings is 2. The number of rotatable bonds is 4. The first-order valence-corrected chi connectivity index (χ1v) is 8.22. The van der Waals surface area contributed by atoms with Gasteiger partial charge in [-0.2, -0.15) is 0 Å². The Morgan fingerprint density at radius 2 is 2.05 bits per heavy atom. The molecule has 0 atom stereocenters. The van der Waals surface area contributed by atoms with Crippen LogP contribution < -0.4 is 11.1 Å². The molecule has 3 nitrogen and oxygen atoms in total. The number of nitrogens with one attached hydrogen (secondary N) is 1. The first-order valence-electron chi connectivity index (χ1n) is 5.78. The fourth-order valence-corrected chi connectivity index (χ4v) is 3.12. The summed E-state index contributed by atoms with van der Waals surface area (Å²) in [6.45, 7) is 0. The van der Waals surface area contributed by atoms with Gasteiger partial charge in [-0.15, -0.1) is 11.8 Å². The highest BCUT2D eigenvalue weighted by atomic mass is 127. The molecule has 3 N–H and O–H groups in total. The number of carbonyl (C=O) groups is 1. The number of carbonyl (C=O) groups excluding carboxylic acids is 1. The number of nitrogens with two attached hydrogens (primary N) is 1. The molecule has 0 aliphatic carbocycles. The molecule has 0 bridgehead atoms. The van der Waals surface area contributed by atoms with Gasteiger partial charge in [0.25, 0.3) is 0 Å². The Morgan fingerprint density at radius 3 is 2.75 bits per heavy atom. The number of halogens is 2. The maximum Gasteiger partial charge on any atom is 0.234 e. The molecule has 0 aromatic heterocycles. The van der Waals surface area contributed by atoms with E-state index in [1.165, 1.54) is 11.8 Å². The molecule has 104 valence electrons. The lowest BCUT2D eigenvalue weighted by Gasteiger charge is -2.08. The van der Waals surface area contributed by atoms with Crippen LogP contribution in [0.25, 0.3) is 0 Å². The third-order valence-corrected chi connectivity index (χ3v) is 4.90. The van der Waals surface area contributed by atoms with E-state index >= 15 is 0 Å². The third-order valence-electron chi connectivity index (χ3n) is 2.46. The van der Waals surface area contributed by atoms with Crippen LogP contribution in [0.5, 0.6) is 0 Å². The first kappa shape index (κ1) is 15.5. The average Bonchev–Trinajstić information content (AvgIpc) is 2.40. The SMILES string of the molecule is Nc1ccc(SCC(=O)Nc2ccccc2I)c(Cl)c1. The number of nitrogen functional groups attached to an aromatic ring is 1. The second kappa shape index (κ2) is 7.19. The summed E-state index contributed by atoms with van der Waals surface area (Å²) in [6.07, 6.45) is 0. The maximum atomic E-state index is 11.9. The van der Waals surface area contributed by atoms with E-state index in [1.807, 2.05) is 30.3 Å². The van der Waals surface area contributed by atoms with Crippen molar-refractivity contribution in [1.82, 2.24) is 0 Å². The smallest absolute Gasteiger partial charge is 0.234 e. The highest BCUT2D eigenvalue weighted by Crippen LogP contribution is 2.29. The monoisotopic (exact) mass is 418 g/mol. The van der Waals surface area contributed by atoms with E-state index in [0.29, 0.717) is 16.5 Å². The maximum absolute atomic E-state index is 11.9. The predicted octanol–water partition coefficient (Wildman–Crippen LogP) is 4.26. The highest BCUT2D eigenvalue weighted by Gasteiger charge is 2.08. The number of hydrogen-bond acceptors (Lipinski definition) is 3. The summed E-state index contributed by atoms with van der Waals surface area (Å²) in [6, 6.07) is 12.9. The van der Waals surface area contributed by atoms with Gasteiger partial charge < -0.3 is 11.1 Å². The largest absolute Gasteiger partial charge is 0.399 e. The minimum atomic E-state index is -0.0630. The molecule has 2 rings (SSSR count). The summed E-state index contributed by atoms with van der Waals surface area (Å²) in [5.41, 5.74) is 7.06. The van der Waals surface area contributed by atoms with Gasteiger partial charge in [-0.3, -0.25) is 4.79 Å². The van der Waals surface area contributed by atoms with E-state index in [2.05, 4.69) is 27.9 Å². The fraction of sp³-hybridized carbons (Fsp3) is 0.0714. The molecule has 0 aliphatic rings. The van der Waals surface area contributed by atoms with Crippen molar-refractivity contribution in [2.24, 2.45) is 0 Å². The van der Waals surface area contributed by atoms with E-state index in [4.69, 9.17) is 17.3 Å². The summed E-state index contributed by atoms with van der Waals surface area (Å²) < 4.78 is 1.01. The van der Waals surface area contributed by atoms with Crippen LogP contribution >= 0.6 is 46.0 Å². The number of para-hydroxylation sites is 1. The number of thioether (sulfide) groups is 1. The zero-order chi connectivity index (χ0) is 14.5. The summed E-state index contributed by atoms with van der Waals surface area (Å²) in [5, 5.41) is 3.44. The van der Waals surface area contributed by atoms with Crippen LogP contribution in [0.4, 0.5) is 11.4 Å². The molecule has 2 aromatic rings. The molecule has 0 aliphatic heterocycles. The molecule has 6 heteroatoms. The van der Waals surface area contributed by atoms with Gasteiger partial charge in [0.05, 0.1) is 16.5 Å². The molecule has 1 amide bonds. The van der Waals surface area contributed by atoms with Crippen LogP contribution in [-0.2, 0) is 4.79 Å². The van der Waals surface area contributed by atoms with E-state index in [0.717, 1.165) is 14.2 Å². The van der Waals surface area contributed by atoms with Crippen LogP contribution in [-0.4, -0.2) is 11.7 Å². The van der Waals surface area contributed by atoms with Crippen molar-refractivity contribution in [3.8, 4) is 0 Å². The van der Waals surface area contributed by atoms with Gasteiger partial charge in [0.2, 0.25) is 5.91 Å². The van der Waals surface area contributed by atoms with Crippen LogP contribution in [0.15, 0.2) is 47.4 Å². The molecule has 0 fully saturated rings. The Kier molecular flexibility index (Phi) is 5.56. The van der Waals surface area contributed by atoms with Crippen LogP contribution in [0.1, 0.15) is 0 Å². The van der Waals surface area contributed by atoms with Crippen molar-refractivity contribution in [2.45, 2.75) is 4.90 Å². The Labute approximate surface area is 140 Å². The van der Waals surface area contributed by atoms with Crippen molar-refractivity contribution in [1.29, 1.82) is 0 Å². The summed E-state index contributed by atoms with van der Waals surface area (Å²) in [4.78, 5) is 12.8. The summed E-state index contributed by atoms with van der Waals surface area (Å²) >= 11 is 9.64. The van der Waals surface area contributed by atoms with Crippen molar-refractivity contribution >= 4 is 63.2 Å². The molecular weight excluding hydrogens is 407 g/mol. The van der Waals surface area contributed by atoms with Gasteiger partial charge >= 0.3 is 0 Å². The Bertz CT molecular complexity index is 636. The molecule has 0 unspecified atom stereocenters. The van der Waals surface area contributed by atoms with Crippen molar-refractivity contribution in [3.05, 3.63) is 51.1 Å². The Morgan fingerprint density at radius 1 is 1.30 bits per heavy atom. The molecule has 0 saturated heterocycles. The van der Waals surface area contributed by atoms with Gasteiger partial charge in [-0.05, 0) is 52.9 Å². The fourth-order valence-electron chi connectivity index (χ4n) is 1.53. The van der Waals surface area contributed by atoms with Gasteiger partial charge in [0.1, 0.15) is 0 Å². The van der Waals surface area contributed by atoms with Gasteiger partial charge in [-0.1, -0.05) is 23.7 Å². The Hall–Kier alpha value is -0.920. The van der Waals surface area contributed by atoms with Gasteiger partial charge in [0.15, 0.2) is 0 Å². The molecule has 0 saturated carbocycles. The zero-order valence-electron chi connectivity index (χ0n) is 10.4. The van der Waals surface area contributed by atoms with Crippen LogP contribution in [0, 0.1) is 3.57 Å². The van der Waals surface area contributed by atoms with Crippen LogP contribution in [0.3, 0.4) is 0 Å². The van der Waals surface area contributed by atoms with Crippen molar-refractivity contribution in [2.75, 3.05) is 16.8 Å². The van der Waals surface area contributed by atoms with Crippen LogP contribution in [0.2, 0.25) is 5.02 Å². The molecule has 20 heavy (non-hydrogen) atoms. The standard InChI is InChI=1S/C14H12ClIN2OS/c15-10-7-9(17)5-6-13(10)20-8-14(19)18-12-4-2-1-3-11(12)16/h1-7H,8,17H2,(H,18,19). The lowest BCUT2D eigenvalue weighted by Crippen LogP contribution is -2.14. The second-order valence-corrected chi connectivity index (χ2v) is 6.59. The second-order valence-electron chi connectivity index (χ2n) is 4.01. The minimum absolute atomic E-state index is 0.0630. The molecule has 2 aromatic carbocycles. The molecular formula is C14H12ClIN2OS. The van der Waals surface area contributed by atoms with E-state index in [-0.39, 0.29) is 5.91 Å². The van der Waals surface area contributed by atoms with Gasteiger partial charge in [0, 0.05) is 14.2 Å². The lowest BCUT2D eigenvalue weighted by molar-refractivity contribution is -0.113. The average molecular weight is 419 g/mol. The van der Waals surface area contributed by atoms with E-state index < -0.39 is 0 Å². The lowest BCUT2D eigenvalue weighted by atomic mass is 10.3. The van der Waals surface area contributed by atoms with Crippen molar-refractivity contribution < 1.29 is 4.79 Å². The third kappa shape index (κ3) is 4.29. The van der Waals surface area contributed by atoms with E-state index in [1.54, 1.807) is 12.1 Å². The quantitative estimate of drug-likeness (QED) is 0.443. The normalized spacial score (nSPS) is 10.3. The molecule has 0 radical (unpaired) electrons. The topological polar surface area (TPSA) is 55.1 Å². The predicted molar refractivity (Wildman–Crippen MR) is 94.4 cm³/mol. The van der Waals surface area contributed by atoms with Gasteiger partial charge in [-0.25, -0.2) is 0 Å². The highest BCUT2D eigenvalue weighted by molar-refractivity contribution is 14.1. The van der Waals surface area contributed by atoms with E-state index in [9.17, 15) is 4.79 Å². The summed E-state index contributed by atoms with van der Waals surface area (Å²) in [7, 11) is 0. The minimum Gasteiger partial charge on any atom is -0.399 e. The zero-order valence-corrected chi connectivity index (χ0v) is 14.1. The number of amides is 1. The Balaban J connectivity index is 1.94. The molecule has 0 spiro atoms. The first-order chi connectivity index (χ1) is 9.56.